The lowest BCUT2D eigenvalue weighted by molar-refractivity contribution is 0.459. The summed E-state index contributed by atoms with van der Waals surface area (Å²) >= 11 is 0. The molecule has 4 heteroatoms. The molecule has 1 aromatic heterocycles. The predicted molar refractivity (Wildman–Crippen MR) is 108 cm³/mol. The molecule has 4 nitrogen and oxygen atoms in total. The maximum Gasteiger partial charge on any atom is 0.179 e. The molecular weight excluding hydrogens is 322 g/mol. The van der Waals surface area contributed by atoms with E-state index in [0.29, 0.717) is 6.54 Å². The Bertz CT molecular complexity index is 1020. The van der Waals surface area contributed by atoms with E-state index in [2.05, 4.69) is 70.0 Å². The minimum Gasteiger partial charge on any atom is -0.377 e. The second-order valence-electron chi connectivity index (χ2n) is 6.45. The van der Waals surface area contributed by atoms with Crippen molar-refractivity contribution in [2.24, 2.45) is 0 Å². The Morgan fingerprint density at radius 1 is 0.885 bits per heavy atom. The molecule has 1 N–H and O–H groups in total. The van der Waals surface area contributed by atoms with E-state index in [9.17, 15) is 0 Å². The molecule has 0 aliphatic heterocycles. The Morgan fingerprint density at radius 3 is 2.46 bits per heavy atom. The van der Waals surface area contributed by atoms with Gasteiger partial charge in [0.1, 0.15) is 0 Å². The van der Waals surface area contributed by atoms with Gasteiger partial charge >= 0.3 is 0 Å². The molecule has 3 aromatic carbocycles. The highest BCUT2D eigenvalue weighted by Crippen LogP contribution is 2.32. The van der Waals surface area contributed by atoms with Gasteiger partial charge in [-0.3, -0.25) is 0 Å². The van der Waals surface area contributed by atoms with Crippen molar-refractivity contribution in [2.45, 2.75) is 6.54 Å². The van der Waals surface area contributed by atoms with Crippen molar-refractivity contribution in [3.05, 3.63) is 78.4 Å². The number of fused-ring (bicyclic) bond motifs is 1. The van der Waals surface area contributed by atoms with Crippen LogP contribution in [0.2, 0.25) is 0 Å². The molecular formula is C22H21N3O. The fourth-order valence-electron chi connectivity index (χ4n) is 3.22. The number of rotatable bonds is 5. The zero-order valence-corrected chi connectivity index (χ0v) is 14.9. The van der Waals surface area contributed by atoms with E-state index in [1.807, 2.05) is 32.3 Å². The lowest BCUT2D eigenvalue weighted by Gasteiger charge is -2.14. The van der Waals surface area contributed by atoms with Crippen LogP contribution in [0.1, 0.15) is 5.56 Å². The Labute approximate surface area is 153 Å². The minimum atomic E-state index is 0.675. The Morgan fingerprint density at radius 2 is 1.65 bits per heavy atom. The molecule has 0 aliphatic rings. The molecule has 1 heterocycles. The zero-order chi connectivity index (χ0) is 17.9. The fraction of sp³-hybridized carbons (Fsp3) is 0.136. The van der Waals surface area contributed by atoms with Crippen LogP contribution in [0.25, 0.3) is 22.1 Å². The third-order valence-electron chi connectivity index (χ3n) is 4.51. The first kappa shape index (κ1) is 16.2. The minimum absolute atomic E-state index is 0.675. The first-order valence-electron chi connectivity index (χ1n) is 8.67. The van der Waals surface area contributed by atoms with Crippen molar-refractivity contribution in [2.75, 3.05) is 24.3 Å². The van der Waals surface area contributed by atoms with Gasteiger partial charge in [0.05, 0.1) is 11.1 Å². The van der Waals surface area contributed by atoms with E-state index in [1.165, 1.54) is 16.7 Å². The zero-order valence-electron chi connectivity index (χ0n) is 14.9. The van der Waals surface area contributed by atoms with Crippen molar-refractivity contribution in [1.29, 1.82) is 0 Å². The molecule has 26 heavy (non-hydrogen) atoms. The summed E-state index contributed by atoms with van der Waals surface area (Å²) < 4.78 is 5.50. The van der Waals surface area contributed by atoms with Gasteiger partial charge < -0.3 is 14.7 Å². The molecule has 130 valence electrons. The summed E-state index contributed by atoms with van der Waals surface area (Å²) in [5.74, 6) is 0.771. The van der Waals surface area contributed by atoms with Crippen LogP contribution < -0.4 is 10.2 Å². The quantitative estimate of drug-likeness (QED) is 0.542. The van der Waals surface area contributed by atoms with Crippen LogP contribution >= 0.6 is 0 Å². The average Bonchev–Trinajstić information content (AvgIpc) is 3.10. The number of aromatic nitrogens is 1. The van der Waals surface area contributed by atoms with E-state index in [1.54, 1.807) is 0 Å². The molecule has 4 rings (SSSR count). The molecule has 0 fully saturated rings. The van der Waals surface area contributed by atoms with Gasteiger partial charge in [-0.2, -0.15) is 0 Å². The highest BCUT2D eigenvalue weighted by atomic mass is 16.5. The summed E-state index contributed by atoms with van der Waals surface area (Å²) in [6.07, 6.45) is 0. The van der Waals surface area contributed by atoms with Crippen LogP contribution in [0.3, 0.4) is 0 Å². The first-order chi connectivity index (χ1) is 12.7. The normalized spacial score (nSPS) is 10.8. The van der Waals surface area contributed by atoms with E-state index in [4.69, 9.17) is 4.52 Å². The average molecular weight is 343 g/mol. The molecule has 0 amide bonds. The number of nitrogens with one attached hydrogen (secondary N) is 1. The van der Waals surface area contributed by atoms with Crippen molar-refractivity contribution in [3.63, 3.8) is 0 Å². The maximum atomic E-state index is 5.50. The topological polar surface area (TPSA) is 41.3 Å². The molecule has 0 saturated heterocycles. The van der Waals surface area contributed by atoms with Gasteiger partial charge in [-0.15, -0.1) is 0 Å². The standard InChI is InChI=1S/C22H21N3O/c1-25(2)19-13-8-14-20-21(19)22(24-26-20)23-15-17-11-6-7-12-18(17)16-9-4-3-5-10-16/h3-14H,15H2,1-2H3,(H,23,24). The number of benzene rings is 3. The number of anilines is 2. The Kier molecular flexibility index (Phi) is 4.32. The van der Waals surface area contributed by atoms with Gasteiger partial charge in [0.15, 0.2) is 11.4 Å². The second-order valence-corrected chi connectivity index (χ2v) is 6.45. The second kappa shape index (κ2) is 6.92. The lowest BCUT2D eigenvalue weighted by Crippen LogP contribution is -2.09. The van der Waals surface area contributed by atoms with Crippen LogP contribution in [0.15, 0.2) is 77.3 Å². The number of nitrogens with zero attached hydrogens (tertiary/aromatic N) is 2. The van der Waals surface area contributed by atoms with Crippen LogP contribution in [-0.2, 0) is 6.54 Å². The van der Waals surface area contributed by atoms with Gasteiger partial charge in [-0.1, -0.05) is 65.8 Å². The number of hydrogen-bond acceptors (Lipinski definition) is 4. The third-order valence-corrected chi connectivity index (χ3v) is 4.51. The lowest BCUT2D eigenvalue weighted by atomic mass is 10.00. The Hall–Kier alpha value is -3.27. The molecule has 0 unspecified atom stereocenters. The van der Waals surface area contributed by atoms with Gasteiger partial charge in [-0.25, -0.2) is 0 Å². The Balaban J connectivity index is 1.66. The third kappa shape index (κ3) is 3.02. The molecule has 0 atom stereocenters. The summed E-state index contributed by atoms with van der Waals surface area (Å²) in [5.41, 5.74) is 5.53. The number of hydrogen-bond donors (Lipinski definition) is 1. The van der Waals surface area contributed by atoms with Gasteiger partial charge in [0.2, 0.25) is 0 Å². The van der Waals surface area contributed by atoms with E-state index < -0.39 is 0 Å². The molecule has 0 aliphatic carbocycles. The highest BCUT2D eigenvalue weighted by molar-refractivity contribution is 5.99. The van der Waals surface area contributed by atoms with Gasteiger partial charge in [0.25, 0.3) is 0 Å². The predicted octanol–water partition coefficient (Wildman–Crippen LogP) is 5.17. The van der Waals surface area contributed by atoms with Gasteiger partial charge in [-0.05, 0) is 28.8 Å². The largest absolute Gasteiger partial charge is 0.377 e. The monoisotopic (exact) mass is 343 g/mol. The van der Waals surface area contributed by atoms with Crippen LogP contribution in [0.4, 0.5) is 11.5 Å². The highest BCUT2D eigenvalue weighted by Gasteiger charge is 2.14. The van der Waals surface area contributed by atoms with E-state index in [0.717, 1.165) is 22.5 Å². The summed E-state index contributed by atoms with van der Waals surface area (Å²) in [6.45, 7) is 0.675. The van der Waals surface area contributed by atoms with E-state index >= 15 is 0 Å². The van der Waals surface area contributed by atoms with E-state index in [-0.39, 0.29) is 0 Å². The molecule has 0 saturated carbocycles. The molecule has 0 bridgehead atoms. The summed E-state index contributed by atoms with van der Waals surface area (Å²) in [4.78, 5) is 2.07. The van der Waals surface area contributed by atoms with Crippen molar-refractivity contribution in [3.8, 4) is 11.1 Å². The first-order valence-corrected chi connectivity index (χ1v) is 8.67. The van der Waals surface area contributed by atoms with Gasteiger partial charge in [0, 0.05) is 20.6 Å². The molecule has 0 radical (unpaired) electrons. The maximum absolute atomic E-state index is 5.50. The summed E-state index contributed by atoms with van der Waals surface area (Å²) in [7, 11) is 4.05. The van der Waals surface area contributed by atoms with Crippen LogP contribution in [-0.4, -0.2) is 19.3 Å². The van der Waals surface area contributed by atoms with Crippen molar-refractivity contribution < 1.29 is 4.52 Å². The smallest absolute Gasteiger partial charge is 0.179 e. The molecule has 0 spiro atoms. The SMILES string of the molecule is CN(C)c1cccc2onc(NCc3ccccc3-c3ccccc3)c12. The fourth-order valence-corrected chi connectivity index (χ4v) is 3.22. The molecule has 4 aromatic rings. The van der Waals surface area contributed by atoms with Crippen LogP contribution in [0, 0.1) is 0 Å². The van der Waals surface area contributed by atoms with Crippen molar-refractivity contribution in [1.82, 2.24) is 5.16 Å². The van der Waals surface area contributed by atoms with Crippen LogP contribution in [0.5, 0.6) is 0 Å². The van der Waals surface area contributed by atoms with Crippen molar-refractivity contribution >= 4 is 22.5 Å². The summed E-state index contributed by atoms with van der Waals surface area (Å²) in [5, 5.41) is 8.71. The summed E-state index contributed by atoms with van der Waals surface area (Å²) in [6, 6.07) is 24.9.